The summed E-state index contributed by atoms with van der Waals surface area (Å²) in [5.41, 5.74) is 3.62. The van der Waals surface area contributed by atoms with E-state index in [0.717, 1.165) is 16.8 Å². The highest BCUT2D eigenvalue weighted by Gasteiger charge is 2.34. The van der Waals surface area contributed by atoms with Crippen LogP contribution in [0.15, 0.2) is 76.1 Å². The smallest absolute Gasteiger partial charge is 0.281 e. The number of anilines is 1. The largest absolute Gasteiger partial charge is 0.301 e. The Morgan fingerprint density at radius 3 is 2.24 bits per heavy atom. The van der Waals surface area contributed by atoms with Crippen molar-refractivity contribution in [2.75, 3.05) is 12.1 Å². The van der Waals surface area contributed by atoms with Crippen LogP contribution >= 0.6 is 11.3 Å². The molecule has 6 heteroatoms. The van der Waals surface area contributed by atoms with Gasteiger partial charge in [-0.1, -0.05) is 60.7 Å². The molecule has 0 saturated heterocycles. The van der Waals surface area contributed by atoms with Gasteiger partial charge in [0.1, 0.15) is 5.71 Å². The lowest BCUT2D eigenvalue weighted by Crippen LogP contribution is -2.27. The molecule has 0 bridgehead atoms. The molecule has 3 aromatic rings. The second kappa shape index (κ2) is 6.41. The van der Waals surface area contributed by atoms with Crippen molar-refractivity contribution >= 4 is 33.8 Å². The Balaban J connectivity index is 1.72. The lowest BCUT2D eigenvalue weighted by Gasteiger charge is -2.05. The SMILES string of the molecule is CN=C1C(=O)N(c2nc(-c3ccccc3)cs2)N=C1c1ccccc1. The second-order valence-corrected chi connectivity index (χ2v) is 6.22. The maximum Gasteiger partial charge on any atom is 0.301 e. The Morgan fingerprint density at radius 1 is 0.960 bits per heavy atom. The van der Waals surface area contributed by atoms with E-state index in [2.05, 4.69) is 15.1 Å². The number of aliphatic imine (C=N–C) groups is 1. The lowest BCUT2D eigenvalue weighted by molar-refractivity contribution is -0.112. The Kier molecular flexibility index (Phi) is 3.95. The van der Waals surface area contributed by atoms with Crippen LogP contribution in [0.4, 0.5) is 5.13 Å². The molecule has 0 aliphatic carbocycles. The van der Waals surface area contributed by atoms with Crippen LogP contribution < -0.4 is 5.01 Å². The van der Waals surface area contributed by atoms with Crippen LogP contribution in [-0.2, 0) is 4.79 Å². The molecule has 0 N–H and O–H groups in total. The van der Waals surface area contributed by atoms with Gasteiger partial charge in [0.05, 0.1) is 5.69 Å². The second-order valence-electron chi connectivity index (χ2n) is 5.39. The number of hydrazone groups is 1. The first kappa shape index (κ1) is 15.4. The molecule has 0 atom stereocenters. The molecule has 1 aliphatic rings. The summed E-state index contributed by atoms with van der Waals surface area (Å²) in [6.07, 6.45) is 0. The molecule has 1 amide bonds. The summed E-state index contributed by atoms with van der Waals surface area (Å²) in [5.74, 6) is -0.254. The Morgan fingerprint density at radius 2 is 1.60 bits per heavy atom. The third kappa shape index (κ3) is 2.77. The van der Waals surface area contributed by atoms with Gasteiger partial charge in [-0.3, -0.25) is 9.79 Å². The number of amides is 1. The van der Waals surface area contributed by atoms with E-state index < -0.39 is 0 Å². The van der Waals surface area contributed by atoms with Crippen molar-refractivity contribution in [2.24, 2.45) is 10.1 Å². The lowest BCUT2D eigenvalue weighted by atomic mass is 10.1. The predicted octanol–water partition coefficient (Wildman–Crippen LogP) is 3.63. The van der Waals surface area contributed by atoms with Crippen LogP contribution in [0, 0.1) is 0 Å². The van der Waals surface area contributed by atoms with Gasteiger partial charge in [-0.25, -0.2) is 4.98 Å². The van der Waals surface area contributed by atoms with Crippen molar-refractivity contribution in [3.05, 3.63) is 71.6 Å². The first-order valence-electron chi connectivity index (χ1n) is 7.74. The molecule has 0 spiro atoms. The first-order chi connectivity index (χ1) is 12.3. The molecule has 0 unspecified atom stereocenters. The average Bonchev–Trinajstić information content (AvgIpc) is 3.27. The van der Waals surface area contributed by atoms with Gasteiger partial charge < -0.3 is 0 Å². The number of benzene rings is 2. The fourth-order valence-electron chi connectivity index (χ4n) is 2.62. The maximum atomic E-state index is 12.7. The summed E-state index contributed by atoms with van der Waals surface area (Å²) in [6, 6.07) is 19.4. The van der Waals surface area contributed by atoms with Gasteiger partial charge in [0.2, 0.25) is 5.13 Å². The number of carbonyl (C=O) groups excluding carboxylic acids is 1. The Bertz CT molecular complexity index is 977. The van der Waals surface area contributed by atoms with Crippen LogP contribution in [0.5, 0.6) is 0 Å². The molecule has 25 heavy (non-hydrogen) atoms. The van der Waals surface area contributed by atoms with E-state index in [0.29, 0.717) is 16.6 Å². The van der Waals surface area contributed by atoms with E-state index in [9.17, 15) is 4.79 Å². The van der Waals surface area contributed by atoms with E-state index in [1.165, 1.54) is 16.3 Å². The predicted molar refractivity (Wildman–Crippen MR) is 101 cm³/mol. The monoisotopic (exact) mass is 346 g/mol. The summed E-state index contributed by atoms with van der Waals surface area (Å²) in [7, 11) is 1.60. The van der Waals surface area contributed by atoms with Gasteiger partial charge in [0.25, 0.3) is 0 Å². The Hall–Kier alpha value is -3.12. The van der Waals surface area contributed by atoms with Crippen molar-refractivity contribution < 1.29 is 4.79 Å². The first-order valence-corrected chi connectivity index (χ1v) is 8.62. The minimum Gasteiger partial charge on any atom is -0.281 e. The molecule has 1 aliphatic heterocycles. The van der Waals surface area contributed by atoms with Crippen LogP contribution in [-0.4, -0.2) is 29.4 Å². The fraction of sp³-hybridized carbons (Fsp3) is 0.0526. The maximum absolute atomic E-state index is 12.7. The number of hydrogen-bond acceptors (Lipinski definition) is 5. The van der Waals surface area contributed by atoms with E-state index in [4.69, 9.17) is 0 Å². The molecule has 5 nitrogen and oxygen atoms in total. The number of nitrogens with zero attached hydrogens (tertiary/aromatic N) is 4. The molecular weight excluding hydrogens is 332 g/mol. The van der Waals surface area contributed by atoms with Gasteiger partial charge >= 0.3 is 5.91 Å². The standard InChI is InChI=1S/C19H14N4OS/c1-20-17-16(14-10-6-3-7-11-14)22-23(18(17)24)19-21-15(12-25-19)13-8-4-2-5-9-13/h2-12H,1H3. The zero-order chi connectivity index (χ0) is 17.2. The molecule has 122 valence electrons. The minimum atomic E-state index is -0.254. The summed E-state index contributed by atoms with van der Waals surface area (Å²) >= 11 is 1.39. The number of aromatic nitrogens is 1. The summed E-state index contributed by atoms with van der Waals surface area (Å²) in [6.45, 7) is 0. The van der Waals surface area contributed by atoms with Gasteiger partial charge in [-0.2, -0.15) is 10.1 Å². The van der Waals surface area contributed by atoms with Crippen LogP contribution in [0.1, 0.15) is 5.56 Å². The molecule has 4 rings (SSSR count). The van der Waals surface area contributed by atoms with Crippen molar-refractivity contribution in [3.8, 4) is 11.3 Å². The molecule has 1 aromatic heterocycles. The third-order valence-corrected chi connectivity index (χ3v) is 4.65. The zero-order valence-electron chi connectivity index (χ0n) is 13.5. The third-order valence-electron chi connectivity index (χ3n) is 3.83. The molecule has 0 radical (unpaired) electrons. The number of thiazole rings is 1. The minimum absolute atomic E-state index is 0.254. The highest BCUT2D eigenvalue weighted by Crippen LogP contribution is 2.30. The summed E-state index contributed by atoms with van der Waals surface area (Å²) < 4.78 is 0. The van der Waals surface area contributed by atoms with E-state index >= 15 is 0 Å². The highest BCUT2D eigenvalue weighted by molar-refractivity contribution is 7.14. The quantitative estimate of drug-likeness (QED) is 0.727. The van der Waals surface area contributed by atoms with E-state index in [1.54, 1.807) is 7.05 Å². The van der Waals surface area contributed by atoms with Crippen molar-refractivity contribution in [3.63, 3.8) is 0 Å². The Labute approximate surface area is 149 Å². The zero-order valence-corrected chi connectivity index (χ0v) is 14.3. The average molecular weight is 346 g/mol. The molecule has 0 saturated carbocycles. The van der Waals surface area contributed by atoms with Gasteiger partial charge in [-0.15, -0.1) is 11.3 Å². The topological polar surface area (TPSA) is 57.9 Å². The van der Waals surface area contributed by atoms with Gasteiger partial charge in [0.15, 0.2) is 5.71 Å². The van der Waals surface area contributed by atoms with Crippen molar-refractivity contribution in [1.29, 1.82) is 0 Å². The van der Waals surface area contributed by atoms with Crippen molar-refractivity contribution in [2.45, 2.75) is 0 Å². The number of rotatable bonds is 3. The summed E-state index contributed by atoms with van der Waals surface area (Å²) in [4.78, 5) is 21.4. The van der Waals surface area contributed by atoms with Crippen LogP contribution in [0.3, 0.4) is 0 Å². The number of hydrogen-bond donors (Lipinski definition) is 0. The highest BCUT2D eigenvalue weighted by atomic mass is 32.1. The molecule has 2 aromatic carbocycles. The molecule has 0 fully saturated rings. The molecular formula is C19H14N4OS. The molecule has 2 heterocycles. The van der Waals surface area contributed by atoms with Crippen molar-refractivity contribution in [1.82, 2.24) is 4.98 Å². The van der Waals surface area contributed by atoms with Crippen LogP contribution in [0.25, 0.3) is 11.3 Å². The van der Waals surface area contributed by atoms with Gasteiger partial charge in [0, 0.05) is 23.6 Å². The van der Waals surface area contributed by atoms with E-state index in [1.807, 2.05) is 66.0 Å². The summed E-state index contributed by atoms with van der Waals surface area (Å²) in [5, 5.41) is 8.29. The van der Waals surface area contributed by atoms with Gasteiger partial charge in [-0.05, 0) is 0 Å². The normalized spacial score (nSPS) is 15.7. The fourth-order valence-corrected chi connectivity index (χ4v) is 3.40. The van der Waals surface area contributed by atoms with E-state index in [-0.39, 0.29) is 5.91 Å². The number of carbonyl (C=O) groups is 1. The van der Waals surface area contributed by atoms with Crippen LogP contribution in [0.2, 0.25) is 0 Å².